The number of hydrogen-bond donors (Lipinski definition) is 0. The monoisotopic (exact) mass is 498 g/mol. The molecule has 36 heavy (non-hydrogen) atoms. The number of fused-ring (bicyclic) bond motifs is 5. The zero-order chi connectivity index (χ0) is 25.5. The molecule has 4 fully saturated rings. The molecule has 0 spiro atoms. The lowest BCUT2D eigenvalue weighted by atomic mass is 9.47. The third-order valence-electron chi connectivity index (χ3n) is 12.8. The van der Waals surface area contributed by atoms with Crippen LogP contribution in [0.2, 0.25) is 0 Å². The van der Waals surface area contributed by atoms with Gasteiger partial charge in [-0.25, -0.2) is 0 Å². The molecule has 10 atom stereocenters. The number of ether oxygens (including phenoxy) is 2. The minimum atomic E-state index is 0.0611. The molecule has 0 N–H and O–H groups in total. The van der Waals surface area contributed by atoms with Crippen molar-refractivity contribution in [1.82, 2.24) is 0 Å². The van der Waals surface area contributed by atoms with Gasteiger partial charge in [0.15, 0.2) is 6.29 Å². The van der Waals surface area contributed by atoms with Crippen LogP contribution in [0.3, 0.4) is 0 Å². The summed E-state index contributed by atoms with van der Waals surface area (Å²) in [4.78, 5) is 0. The summed E-state index contributed by atoms with van der Waals surface area (Å²) in [6.07, 6.45) is 22.0. The van der Waals surface area contributed by atoms with Crippen molar-refractivity contribution < 1.29 is 9.47 Å². The number of allylic oxidation sites excluding steroid dienone is 1. The summed E-state index contributed by atoms with van der Waals surface area (Å²) in [5.74, 6) is 6.38. The summed E-state index contributed by atoms with van der Waals surface area (Å²) in [7, 11) is 0. The fourth-order valence-electron chi connectivity index (χ4n) is 10.4. The van der Waals surface area contributed by atoms with Crippen LogP contribution in [0, 0.1) is 52.3 Å². The Morgan fingerprint density at radius 1 is 0.972 bits per heavy atom. The maximum Gasteiger partial charge on any atom is 0.157 e. The minimum absolute atomic E-state index is 0.0611. The maximum absolute atomic E-state index is 6.49. The van der Waals surface area contributed by atoms with E-state index in [2.05, 4.69) is 47.6 Å². The van der Waals surface area contributed by atoms with E-state index in [1.165, 1.54) is 77.0 Å². The lowest BCUT2D eigenvalue weighted by molar-refractivity contribution is -0.195. The first kappa shape index (κ1) is 27.2. The molecule has 5 rings (SSSR count). The average Bonchev–Trinajstić information content (AvgIpc) is 3.22. The number of rotatable bonds is 8. The topological polar surface area (TPSA) is 18.5 Å². The first-order chi connectivity index (χ1) is 17.3. The highest BCUT2D eigenvalue weighted by Gasteiger charge is 2.59. The minimum Gasteiger partial charge on any atom is -0.353 e. The van der Waals surface area contributed by atoms with E-state index >= 15 is 0 Å². The molecule has 0 aromatic carbocycles. The molecule has 0 aromatic rings. The third-order valence-corrected chi connectivity index (χ3v) is 12.8. The Hall–Kier alpha value is -0.340. The summed E-state index contributed by atoms with van der Waals surface area (Å²) < 4.78 is 12.4. The molecule has 0 unspecified atom stereocenters. The third kappa shape index (κ3) is 5.01. The van der Waals surface area contributed by atoms with Crippen molar-refractivity contribution in [3.8, 4) is 0 Å². The van der Waals surface area contributed by atoms with E-state index in [9.17, 15) is 0 Å². The average molecular weight is 499 g/mol. The van der Waals surface area contributed by atoms with Gasteiger partial charge in [-0.15, -0.1) is 0 Å². The second kappa shape index (κ2) is 11.0. The summed E-state index contributed by atoms with van der Waals surface area (Å²) in [6, 6.07) is 0. The summed E-state index contributed by atoms with van der Waals surface area (Å²) in [5.41, 5.74) is 2.76. The Balaban J connectivity index is 1.24. The van der Waals surface area contributed by atoms with Crippen molar-refractivity contribution in [1.29, 1.82) is 0 Å². The molecule has 5 aliphatic rings. The molecule has 0 bridgehead atoms. The Kier molecular flexibility index (Phi) is 8.35. The van der Waals surface area contributed by atoms with Crippen molar-refractivity contribution in [3.63, 3.8) is 0 Å². The van der Waals surface area contributed by atoms with Crippen LogP contribution >= 0.6 is 0 Å². The lowest BCUT2D eigenvalue weighted by Crippen LogP contribution is -2.51. The smallest absolute Gasteiger partial charge is 0.157 e. The van der Waals surface area contributed by atoms with E-state index in [-0.39, 0.29) is 6.29 Å². The molecule has 1 saturated heterocycles. The first-order valence-electron chi connectivity index (χ1n) is 16.2. The highest BCUT2D eigenvalue weighted by molar-refractivity contribution is 5.25. The van der Waals surface area contributed by atoms with Crippen LogP contribution in [-0.2, 0) is 9.47 Å². The first-order valence-corrected chi connectivity index (χ1v) is 16.2. The standard InChI is InChI=1S/C34H58O2/c1-7-25(23(2)3)12-11-24(4)29-15-16-30-28-14-13-26-22-27(36-32-10-8-9-21-35-32)17-19-33(26,5)31(28)18-20-34(29,30)6/h13,23-25,27-32H,7-12,14-22H2,1-6H3/t24-,25-,27-,28+,29-,30+,31+,32+,33-,34+/m0/s1. The molecule has 0 aromatic heterocycles. The van der Waals surface area contributed by atoms with Crippen LogP contribution in [0.1, 0.15) is 131 Å². The van der Waals surface area contributed by atoms with Gasteiger partial charge in [0, 0.05) is 6.61 Å². The Labute approximate surface area is 223 Å². The van der Waals surface area contributed by atoms with Crippen LogP contribution in [0.25, 0.3) is 0 Å². The van der Waals surface area contributed by atoms with Gasteiger partial charge in [0.25, 0.3) is 0 Å². The van der Waals surface area contributed by atoms with E-state index in [0.29, 0.717) is 16.9 Å². The van der Waals surface area contributed by atoms with Crippen molar-refractivity contribution in [2.45, 2.75) is 144 Å². The van der Waals surface area contributed by atoms with E-state index < -0.39 is 0 Å². The van der Waals surface area contributed by atoms with Gasteiger partial charge in [-0.2, -0.15) is 0 Å². The SMILES string of the molecule is CC[C@@H](CC[C@H](C)[C@@H]1CC[C@@H]2[C@H]3CC=C4C[C@@H](O[C@@H]5CCCCO5)CC[C@]4(C)[C@@H]3CC[C@@]21C)C(C)C. The molecule has 1 heterocycles. The van der Waals surface area contributed by atoms with Gasteiger partial charge in [0.1, 0.15) is 0 Å². The second-order valence-corrected chi connectivity index (χ2v) is 14.8. The van der Waals surface area contributed by atoms with Crippen molar-refractivity contribution in [3.05, 3.63) is 11.6 Å². The zero-order valence-electron chi connectivity index (χ0n) is 24.7. The van der Waals surface area contributed by atoms with Gasteiger partial charge in [-0.3, -0.25) is 0 Å². The maximum atomic E-state index is 6.49. The highest BCUT2D eigenvalue weighted by Crippen LogP contribution is 2.67. The van der Waals surface area contributed by atoms with Crippen molar-refractivity contribution in [2.75, 3.05) is 6.61 Å². The van der Waals surface area contributed by atoms with E-state index in [4.69, 9.17) is 9.47 Å². The Morgan fingerprint density at radius 2 is 1.81 bits per heavy atom. The van der Waals surface area contributed by atoms with E-state index in [1.807, 2.05) is 0 Å². The predicted octanol–water partition coefficient (Wildman–Crippen LogP) is 9.58. The molecule has 0 radical (unpaired) electrons. The molecule has 206 valence electrons. The van der Waals surface area contributed by atoms with Gasteiger partial charge in [0.05, 0.1) is 6.10 Å². The summed E-state index contributed by atoms with van der Waals surface area (Å²) >= 11 is 0. The van der Waals surface area contributed by atoms with E-state index in [1.54, 1.807) is 5.57 Å². The number of hydrogen-bond acceptors (Lipinski definition) is 2. The second-order valence-electron chi connectivity index (χ2n) is 14.8. The Morgan fingerprint density at radius 3 is 2.53 bits per heavy atom. The van der Waals surface area contributed by atoms with Crippen LogP contribution in [0.5, 0.6) is 0 Å². The van der Waals surface area contributed by atoms with Crippen LogP contribution in [0.4, 0.5) is 0 Å². The van der Waals surface area contributed by atoms with Crippen LogP contribution in [-0.4, -0.2) is 19.0 Å². The van der Waals surface area contributed by atoms with Gasteiger partial charge >= 0.3 is 0 Å². The molecular weight excluding hydrogens is 440 g/mol. The normalized spacial score (nSPS) is 44.4. The zero-order valence-corrected chi connectivity index (χ0v) is 24.7. The van der Waals surface area contributed by atoms with Gasteiger partial charge < -0.3 is 9.47 Å². The molecule has 1 aliphatic heterocycles. The van der Waals surface area contributed by atoms with Crippen LogP contribution < -0.4 is 0 Å². The Bertz CT molecular complexity index is 765. The molecule has 4 aliphatic carbocycles. The van der Waals surface area contributed by atoms with Crippen molar-refractivity contribution in [2.24, 2.45) is 52.3 Å². The molecular formula is C34H58O2. The summed E-state index contributed by atoms with van der Waals surface area (Å²) in [5, 5.41) is 0. The quantitative estimate of drug-likeness (QED) is 0.310. The largest absolute Gasteiger partial charge is 0.353 e. The van der Waals surface area contributed by atoms with Gasteiger partial charge in [-0.05, 0) is 129 Å². The fraction of sp³-hybridized carbons (Fsp3) is 0.941. The molecule has 0 amide bonds. The molecule has 2 nitrogen and oxygen atoms in total. The lowest BCUT2D eigenvalue weighted by Gasteiger charge is -2.58. The van der Waals surface area contributed by atoms with E-state index in [0.717, 1.165) is 60.9 Å². The summed E-state index contributed by atoms with van der Waals surface area (Å²) in [6.45, 7) is 16.2. The molecule has 3 saturated carbocycles. The van der Waals surface area contributed by atoms with Crippen molar-refractivity contribution >= 4 is 0 Å². The molecule has 2 heteroatoms. The fourth-order valence-corrected chi connectivity index (χ4v) is 10.4. The predicted molar refractivity (Wildman–Crippen MR) is 151 cm³/mol. The van der Waals surface area contributed by atoms with Crippen LogP contribution in [0.15, 0.2) is 11.6 Å². The van der Waals surface area contributed by atoms with Gasteiger partial charge in [0.2, 0.25) is 0 Å². The van der Waals surface area contributed by atoms with Gasteiger partial charge in [-0.1, -0.05) is 66.0 Å². The highest BCUT2D eigenvalue weighted by atomic mass is 16.7.